The molecule has 0 aliphatic carbocycles. The maximum absolute atomic E-state index is 5.49. The van der Waals surface area contributed by atoms with E-state index in [4.69, 9.17) is 4.74 Å². The Morgan fingerprint density at radius 3 is 2.77 bits per heavy atom. The second kappa shape index (κ2) is 4.91. The molecule has 1 atom stereocenters. The Kier molecular flexibility index (Phi) is 3.55. The molecule has 0 aromatic heterocycles. The van der Waals surface area contributed by atoms with Crippen LogP contribution in [0.15, 0.2) is 0 Å². The topological polar surface area (TPSA) is 36.5 Å². The van der Waals surface area contributed by atoms with Crippen molar-refractivity contribution in [1.82, 2.24) is 15.5 Å². The summed E-state index contributed by atoms with van der Waals surface area (Å²) in [5.74, 6) is 0. The van der Waals surface area contributed by atoms with Gasteiger partial charge >= 0.3 is 0 Å². The minimum atomic E-state index is 0.315. The Bertz CT molecular complexity index is 142. The molecule has 4 nitrogen and oxygen atoms in total. The molecule has 0 radical (unpaired) electrons. The zero-order valence-corrected chi connectivity index (χ0v) is 8.09. The van der Waals surface area contributed by atoms with Crippen LogP contribution in [-0.4, -0.2) is 57.0 Å². The Labute approximate surface area is 79.6 Å². The van der Waals surface area contributed by atoms with Gasteiger partial charge < -0.3 is 15.0 Å². The first-order valence-electron chi connectivity index (χ1n) is 5.23. The van der Waals surface area contributed by atoms with Crippen molar-refractivity contribution in [2.45, 2.75) is 12.6 Å². The summed E-state index contributed by atoms with van der Waals surface area (Å²) in [5.41, 5.74) is 0. The van der Waals surface area contributed by atoms with Crippen LogP contribution in [0.2, 0.25) is 0 Å². The highest BCUT2D eigenvalue weighted by Gasteiger charge is 2.16. The minimum Gasteiger partial charge on any atom is -0.362 e. The van der Waals surface area contributed by atoms with Crippen LogP contribution < -0.4 is 10.6 Å². The molecule has 2 heterocycles. The van der Waals surface area contributed by atoms with Gasteiger partial charge in [0.1, 0.15) is 6.23 Å². The fourth-order valence-corrected chi connectivity index (χ4v) is 1.90. The van der Waals surface area contributed by atoms with Gasteiger partial charge in [0.15, 0.2) is 0 Å². The van der Waals surface area contributed by atoms with E-state index in [1.165, 1.54) is 19.6 Å². The van der Waals surface area contributed by atoms with E-state index in [0.717, 1.165) is 32.7 Å². The van der Waals surface area contributed by atoms with E-state index < -0.39 is 0 Å². The molecule has 1 unspecified atom stereocenters. The fourth-order valence-electron chi connectivity index (χ4n) is 1.90. The first kappa shape index (κ1) is 9.40. The Morgan fingerprint density at radius 2 is 2.08 bits per heavy atom. The summed E-state index contributed by atoms with van der Waals surface area (Å²) < 4.78 is 5.49. The van der Waals surface area contributed by atoms with Gasteiger partial charge in [0.2, 0.25) is 0 Å². The third-order valence-electron chi connectivity index (χ3n) is 2.71. The second-order valence-corrected chi connectivity index (χ2v) is 3.69. The number of nitrogens with one attached hydrogen (secondary N) is 2. The highest BCUT2D eigenvalue weighted by Crippen LogP contribution is 2.03. The average Bonchev–Trinajstić information content (AvgIpc) is 2.69. The number of ether oxygens (including phenoxy) is 1. The zero-order chi connectivity index (χ0) is 8.93. The van der Waals surface area contributed by atoms with Crippen molar-refractivity contribution in [2.75, 3.05) is 45.9 Å². The summed E-state index contributed by atoms with van der Waals surface area (Å²) in [6.07, 6.45) is 1.44. The molecule has 2 rings (SSSR count). The quantitative estimate of drug-likeness (QED) is 0.605. The third kappa shape index (κ3) is 2.91. The number of hydrogen-bond acceptors (Lipinski definition) is 4. The smallest absolute Gasteiger partial charge is 0.109 e. The predicted molar refractivity (Wildman–Crippen MR) is 51.7 cm³/mol. The molecule has 2 saturated heterocycles. The van der Waals surface area contributed by atoms with Gasteiger partial charge in [-0.25, -0.2) is 0 Å². The molecule has 2 aliphatic heterocycles. The highest BCUT2D eigenvalue weighted by atomic mass is 16.5. The summed E-state index contributed by atoms with van der Waals surface area (Å²) in [4.78, 5) is 2.50. The van der Waals surface area contributed by atoms with Crippen molar-refractivity contribution < 1.29 is 4.74 Å². The molecular weight excluding hydrogens is 166 g/mol. The van der Waals surface area contributed by atoms with Gasteiger partial charge in [-0.1, -0.05) is 0 Å². The van der Waals surface area contributed by atoms with Crippen LogP contribution in [0.4, 0.5) is 0 Å². The SMILES string of the molecule is C1CN(CCC2NCCO2)CCN1. The maximum Gasteiger partial charge on any atom is 0.109 e. The molecule has 76 valence electrons. The Hall–Kier alpha value is -0.160. The maximum atomic E-state index is 5.49. The number of piperazine rings is 1. The molecule has 0 bridgehead atoms. The molecule has 0 saturated carbocycles. The van der Waals surface area contributed by atoms with Crippen molar-refractivity contribution in [1.29, 1.82) is 0 Å². The molecule has 0 aromatic rings. The van der Waals surface area contributed by atoms with E-state index in [1.54, 1.807) is 0 Å². The summed E-state index contributed by atoms with van der Waals surface area (Å²) in [7, 11) is 0. The standard InChI is InChI=1S/C9H19N3O/c1(9-11-4-8-13-9)5-12-6-2-10-3-7-12/h9-11H,1-8H2. The van der Waals surface area contributed by atoms with Crippen LogP contribution >= 0.6 is 0 Å². The minimum absolute atomic E-state index is 0.315. The van der Waals surface area contributed by atoms with Gasteiger partial charge in [0.05, 0.1) is 6.61 Å². The monoisotopic (exact) mass is 185 g/mol. The Morgan fingerprint density at radius 1 is 1.23 bits per heavy atom. The van der Waals surface area contributed by atoms with Crippen LogP contribution in [0.3, 0.4) is 0 Å². The lowest BCUT2D eigenvalue weighted by Gasteiger charge is -2.27. The van der Waals surface area contributed by atoms with E-state index >= 15 is 0 Å². The molecule has 2 fully saturated rings. The van der Waals surface area contributed by atoms with E-state index in [9.17, 15) is 0 Å². The van der Waals surface area contributed by atoms with E-state index in [1.807, 2.05) is 0 Å². The predicted octanol–water partition coefficient (Wildman–Crippen LogP) is -0.772. The zero-order valence-electron chi connectivity index (χ0n) is 8.09. The normalized spacial score (nSPS) is 30.9. The van der Waals surface area contributed by atoms with Gasteiger partial charge in [-0.15, -0.1) is 0 Å². The van der Waals surface area contributed by atoms with Crippen molar-refractivity contribution in [3.63, 3.8) is 0 Å². The summed E-state index contributed by atoms with van der Waals surface area (Å²) in [6, 6.07) is 0. The van der Waals surface area contributed by atoms with E-state index in [-0.39, 0.29) is 0 Å². The van der Waals surface area contributed by atoms with Crippen LogP contribution in [0, 0.1) is 0 Å². The number of hydrogen-bond donors (Lipinski definition) is 2. The van der Waals surface area contributed by atoms with E-state index in [2.05, 4.69) is 15.5 Å². The largest absolute Gasteiger partial charge is 0.362 e. The van der Waals surface area contributed by atoms with Gasteiger partial charge in [-0.2, -0.15) is 0 Å². The molecule has 2 N–H and O–H groups in total. The van der Waals surface area contributed by atoms with Crippen LogP contribution in [0.1, 0.15) is 6.42 Å². The summed E-state index contributed by atoms with van der Waals surface area (Å²) >= 11 is 0. The molecular formula is C9H19N3O. The second-order valence-electron chi connectivity index (χ2n) is 3.69. The van der Waals surface area contributed by atoms with Crippen molar-refractivity contribution in [2.24, 2.45) is 0 Å². The van der Waals surface area contributed by atoms with E-state index in [0.29, 0.717) is 6.23 Å². The lowest BCUT2D eigenvalue weighted by molar-refractivity contribution is 0.0807. The molecule has 13 heavy (non-hydrogen) atoms. The average molecular weight is 185 g/mol. The van der Waals surface area contributed by atoms with Crippen molar-refractivity contribution >= 4 is 0 Å². The van der Waals surface area contributed by atoms with Crippen molar-refractivity contribution in [3.8, 4) is 0 Å². The summed E-state index contributed by atoms with van der Waals surface area (Å²) in [6.45, 7) is 7.72. The highest BCUT2D eigenvalue weighted by molar-refractivity contribution is 4.70. The number of nitrogens with zero attached hydrogens (tertiary/aromatic N) is 1. The van der Waals surface area contributed by atoms with Gasteiger partial charge in [-0.3, -0.25) is 5.32 Å². The first-order valence-corrected chi connectivity index (χ1v) is 5.23. The van der Waals surface area contributed by atoms with Crippen LogP contribution in [0.5, 0.6) is 0 Å². The summed E-state index contributed by atoms with van der Waals surface area (Å²) in [5, 5.41) is 6.69. The molecule has 2 aliphatic rings. The lowest BCUT2D eigenvalue weighted by atomic mass is 10.3. The fraction of sp³-hybridized carbons (Fsp3) is 1.00. The Balaban J connectivity index is 1.60. The molecule has 0 amide bonds. The van der Waals surface area contributed by atoms with Gasteiger partial charge in [-0.05, 0) is 6.42 Å². The molecule has 0 spiro atoms. The number of rotatable bonds is 3. The third-order valence-corrected chi connectivity index (χ3v) is 2.71. The molecule has 4 heteroatoms. The van der Waals surface area contributed by atoms with Crippen molar-refractivity contribution in [3.05, 3.63) is 0 Å². The van der Waals surface area contributed by atoms with Gasteiger partial charge in [0, 0.05) is 39.3 Å². The van der Waals surface area contributed by atoms with Crippen LogP contribution in [0.25, 0.3) is 0 Å². The van der Waals surface area contributed by atoms with Gasteiger partial charge in [0.25, 0.3) is 0 Å². The van der Waals surface area contributed by atoms with Crippen LogP contribution in [-0.2, 0) is 4.74 Å². The first-order chi connectivity index (χ1) is 6.45. The molecule has 0 aromatic carbocycles. The lowest BCUT2D eigenvalue weighted by Crippen LogP contribution is -2.44.